The van der Waals surface area contributed by atoms with Gasteiger partial charge in [-0.25, -0.2) is 0 Å². The maximum atomic E-state index is 12.2. The highest BCUT2D eigenvalue weighted by Crippen LogP contribution is 2.23. The number of hydrogen-bond acceptors (Lipinski definition) is 2. The van der Waals surface area contributed by atoms with Gasteiger partial charge in [0, 0.05) is 24.3 Å². The molecule has 0 atom stereocenters. The molecule has 1 amide bonds. The van der Waals surface area contributed by atoms with Gasteiger partial charge >= 0.3 is 0 Å². The summed E-state index contributed by atoms with van der Waals surface area (Å²) in [5, 5.41) is 6.38. The summed E-state index contributed by atoms with van der Waals surface area (Å²) in [4.78, 5) is 12.2. The second kappa shape index (κ2) is 7.32. The van der Waals surface area contributed by atoms with Crippen LogP contribution in [-0.2, 0) is 0 Å². The minimum absolute atomic E-state index is 0.0571. The van der Waals surface area contributed by atoms with Gasteiger partial charge in [0.2, 0.25) is 0 Å². The molecule has 1 aliphatic rings. The zero-order chi connectivity index (χ0) is 14.4. The average molecular weight is 274 g/mol. The Morgan fingerprint density at radius 2 is 2.00 bits per heavy atom. The van der Waals surface area contributed by atoms with E-state index >= 15 is 0 Å². The summed E-state index contributed by atoms with van der Waals surface area (Å²) in [5.41, 5.74) is 2.99. The van der Waals surface area contributed by atoms with E-state index in [9.17, 15) is 4.79 Å². The Balaban J connectivity index is 1.89. The molecule has 0 radical (unpaired) electrons. The van der Waals surface area contributed by atoms with Gasteiger partial charge in [0.1, 0.15) is 0 Å². The van der Waals surface area contributed by atoms with Crippen molar-refractivity contribution in [1.82, 2.24) is 5.32 Å². The lowest BCUT2D eigenvalue weighted by atomic mass is 9.89. The summed E-state index contributed by atoms with van der Waals surface area (Å²) in [6, 6.07) is 5.86. The van der Waals surface area contributed by atoms with Crippen LogP contribution in [0.15, 0.2) is 18.2 Å². The van der Waals surface area contributed by atoms with Crippen molar-refractivity contribution in [2.24, 2.45) is 5.92 Å². The molecule has 20 heavy (non-hydrogen) atoms. The standard InChI is InChI=1S/C17H26N2O/c1-3-18-16-10-9-15(11-13(16)2)17(20)19-12-14-7-5-4-6-8-14/h9-11,14,18H,3-8,12H2,1-2H3,(H,19,20). The lowest BCUT2D eigenvalue weighted by Crippen LogP contribution is -2.30. The second-order valence-electron chi connectivity index (χ2n) is 5.77. The Bertz CT molecular complexity index is 450. The number of amides is 1. The van der Waals surface area contributed by atoms with Gasteiger partial charge in [-0.2, -0.15) is 0 Å². The molecule has 0 spiro atoms. The number of hydrogen-bond donors (Lipinski definition) is 2. The summed E-state index contributed by atoms with van der Waals surface area (Å²) < 4.78 is 0. The molecule has 1 saturated carbocycles. The van der Waals surface area contributed by atoms with E-state index in [1.807, 2.05) is 25.1 Å². The van der Waals surface area contributed by atoms with Crippen molar-refractivity contribution in [2.75, 3.05) is 18.4 Å². The van der Waals surface area contributed by atoms with Crippen LogP contribution in [0.2, 0.25) is 0 Å². The van der Waals surface area contributed by atoms with Crippen molar-refractivity contribution in [1.29, 1.82) is 0 Å². The highest BCUT2D eigenvalue weighted by molar-refractivity contribution is 5.94. The number of nitrogens with one attached hydrogen (secondary N) is 2. The third kappa shape index (κ3) is 3.99. The van der Waals surface area contributed by atoms with Gasteiger partial charge in [-0.1, -0.05) is 19.3 Å². The smallest absolute Gasteiger partial charge is 0.251 e. The van der Waals surface area contributed by atoms with Gasteiger partial charge in [0.05, 0.1) is 0 Å². The fourth-order valence-electron chi connectivity index (χ4n) is 2.92. The summed E-state index contributed by atoms with van der Waals surface area (Å²) >= 11 is 0. The van der Waals surface area contributed by atoms with Crippen molar-refractivity contribution in [3.63, 3.8) is 0 Å². The molecule has 0 heterocycles. The van der Waals surface area contributed by atoms with Crippen LogP contribution in [-0.4, -0.2) is 19.0 Å². The van der Waals surface area contributed by atoms with Crippen LogP contribution in [0.3, 0.4) is 0 Å². The zero-order valence-corrected chi connectivity index (χ0v) is 12.7. The van der Waals surface area contributed by atoms with Crippen molar-refractivity contribution in [2.45, 2.75) is 46.0 Å². The Kier molecular flexibility index (Phi) is 5.45. The predicted molar refractivity (Wildman–Crippen MR) is 84.3 cm³/mol. The summed E-state index contributed by atoms with van der Waals surface area (Å²) in [6.07, 6.45) is 6.51. The molecule has 0 bridgehead atoms. The largest absolute Gasteiger partial charge is 0.385 e. The number of benzene rings is 1. The molecule has 2 rings (SSSR count). The van der Waals surface area contributed by atoms with E-state index in [-0.39, 0.29) is 5.91 Å². The monoisotopic (exact) mass is 274 g/mol. The summed E-state index contributed by atoms with van der Waals surface area (Å²) in [6.45, 7) is 5.83. The Morgan fingerprint density at radius 1 is 1.25 bits per heavy atom. The molecule has 3 nitrogen and oxygen atoms in total. The van der Waals surface area contributed by atoms with Crippen molar-refractivity contribution < 1.29 is 4.79 Å². The second-order valence-corrected chi connectivity index (χ2v) is 5.77. The highest BCUT2D eigenvalue weighted by Gasteiger charge is 2.15. The maximum absolute atomic E-state index is 12.2. The van der Waals surface area contributed by atoms with Crippen LogP contribution in [0.25, 0.3) is 0 Å². The van der Waals surface area contributed by atoms with Gasteiger partial charge in [0.25, 0.3) is 5.91 Å². The normalized spacial score (nSPS) is 15.9. The fraction of sp³-hybridized carbons (Fsp3) is 0.588. The molecule has 110 valence electrons. The molecule has 3 heteroatoms. The molecule has 0 aromatic heterocycles. The number of carbonyl (C=O) groups excluding carboxylic acids is 1. The fourth-order valence-corrected chi connectivity index (χ4v) is 2.92. The van der Waals surface area contributed by atoms with Gasteiger partial charge < -0.3 is 10.6 Å². The SMILES string of the molecule is CCNc1ccc(C(=O)NCC2CCCCC2)cc1C. The molecule has 1 aromatic rings. The van der Waals surface area contributed by atoms with Crippen LogP contribution in [0.1, 0.15) is 54.9 Å². The maximum Gasteiger partial charge on any atom is 0.251 e. The molecule has 2 N–H and O–H groups in total. The van der Waals surface area contributed by atoms with Crippen LogP contribution in [0.4, 0.5) is 5.69 Å². The first-order valence-electron chi connectivity index (χ1n) is 7.83. The molecular weight excluding hydrogens is 248 g/mol. The Labute approximate surface area is 122 Å². The molecule has 1 aliphatic carbocycles. The van der Waals surface area contributed by atoms with Crippen molar-refractivity contribution in [3.05, 3.63) is 29.3 Å². The van der Waals surface area contributed by atoms with Crippen LogP contribution in [0, 0.1) is 12.8 Å². The summed E-state index contributed by atoms with van der Waals surface area (Å²) in [5.74, 6) is 0.733. The first-order chi connectivity index (χ1) is 9.70. The number of rotatable bonds is 5. The minimum atomic E-state index is 0.0571. The first-order valence-corrected chi connectivity index (χ1v) is 7.83. The van der Waals surface area contributed by atoms with Crippen LogP contribution >= 0.6 is 0 Å². The summed E-state index contributed by atoms with van der Waals surface area (Å²) in [7, 11) is 0. The number of aryl methyl sites for hydroxylation is 1. The van der Waals surface area contributed by atoms with Crippen LogP contribution < -0.4 is 10.6 Å². The van der Waals surface area contributed by atoms with E-state index in [4.69, 9.17) is 0 Å². The third-order valence-corrected chi connectivity index (χ3v) is 4.13. The topological polar surface area (TPSA) is 41.1 Å². The van der Waals surface area contributed by atoms with Gasteiger partial charge in [-0.15, -0.1) is 0 Å². The van der Waals surface area contributed by atoms with Crippen molar-refractivity contribution >= 4 is 11.6 Å². The average Bonchev–Trinajstić information content (AvgIpc) is 2.48. The van der Waals surface area contributed by atoms with Gasteiger partial charge in [-0.3, -0.25) is 4.79 Å². The minimum Gasteiger partial charge on any atom is -0.385 e. The van der Waals surface area contributed by atoms with Gasteiger partial charge in [0.15, 0.2) is 0 Å². The lowest BCUT2D eigenvalue weighted by molar-refractivity contribution is 0.0943. The first kappa shape index (κ1) is 14.9. The van der Waals surface area contributed by atoms with Gasteiger partial charge in [-0.05, 0) is 56.4 Å². The number of carbonyl (C=O) groups is 1. The Hall–Kier alpha value is -1.51. The molecule has 0 aliphatic heterocycles. The molecule has 0 unspecified atom stereocenters. The number of anilines is 1. The van der Waals surface area contributed by atoms with Crippen LogP contribution in [0.5, 0.6) is 0 Å². The third-order valence-electron chi connectivity index (χ3n) is 4.13. The zero-order valence-electron chi connectivity index (χ0n) is 12.7. The van der Waals surface area contributed by atoms with E-state index in [0.29, 0.717) is 5.92 Å². The van der Waals surface area contributed by atoms with E-state index in [1.54, 1.807) is 0 Å². The molecule has 0 saturated heterocycles. The predicted octanol–water partition coefficient (Wildman–Crippen LogP) is 3.74. The van der Waals surface area contributed by atoms with E-state index in [0.717, 1.165) is 29.9 Å². The molecule has 1 aromatic carbocycles. The van der Waals surface area contributed by atoms with E-state index in [1.165, 1.54) is 32.1 Å². The molecular formula is C17H26N2O. The lowest BCUT2D eigenvalue weighted by Gasteiger charge is -2.21. The van der Waals surface area contributed by atoms with E-state index < -0.39 is 0 Å². The Morgan fingerprint density at radius 3 is 2.65 bits per heavy atom. The quantitative estimate of drug-likeness (QED) is 0.859. The molecule has 1 fully saturated rings. The van der Waals surface area contributed by atoms with E-state index in [2.05, 4.69) is 17.6 Å². The highest BCUT2D eigenvalue weighted by atomic mass is 16.1. The van der Waals surface area contributed by atoms with Crippen molar-refractivity contribution in [3.8, 4) is 0 Å².